The van der Waals surface area contributed by atoms with Gasteiger partial charge in [-0.05, 0) is 85.8 Å². The van der Waals surface area contributed by atoms with E-state index in [1.54, 1.807) is 13.8 Å². The molecule has 4 fully saturated rings. The van der Waals surface area contributed by atoms with Gasteiger partial charge in [0.1, 0.15) is 12.0 Å². The Kier molecular flexibility index (Phi) is 5.53. The molecule has 9 atom stereocenters. The van der Waals surface area contributed by atoms with Gasteiger partial charge in [-0.1, -0.05) is 36.7 Å². The van der Waals surface area contributed by atoms with Gasteiger partial charge in [-0.15, -0.1) is 0 Å². The van der Waals surface area contributed by atoms with Crippen LogP contribution in [-0.2, 0) is 16.1 Å². The molecular weight excluding hydrogens is 496 g/mol. The van der Waals surface area contributed by atoms with E-state index >= 15 is 8.78 Å². The summed E-state index contributed by atoms with van der Waals surface area (Å²) in [6, 6.07) is 7.70. The van der Waals surface area contributed by atoms with Gasteiger partial charge in [0.2, 0.25) is 0 Å². The van der Waals surface area contributed by atoms with Crippen molar-refractivity contribution >= 4 is 23.2 Å². The first kappa shape index (κ1) is 25.4. The summed E-state index contributed by atoms with van der Waals surface area (Å²) in [5.74, 6) is -1.28. The Balaban J connectivity index is 1.38. The highest BCUT2D eigenvalue weighted by Gasteiger charge is 2.77. The molecule has 0 radical (unpaired) electrons. The lowest BCUT2D eigenvalue weighted by atomic mass is 9.43. The largest absolute Gasteiger partial charge is 0.390 e. The van der Waals surface area contributed by atoms with E-state index < -0.39 is 40.1 Å². The van der Waals surface area contributed by atoms with Crippen LogP contribution in [0.1, 0.15) is 45.6 Å². The third-order valence-corrected chi connectivity index (χ3v) is 11.4. The molecule has 5 aliphatic rings. The molecule has 4 aliphatic carbocycles. The van der Waals surface area contributed by atoms with Crippen LogP contribution in [0, 0.1) is 34.0 Å². The van der Waals surface area contributed by atoms with Crippen LogP contribution in [-0.4, -0.2) is 52.6 Å². The number of carbonyl (C=O) groups excluding carboxylic acids is 2. The van der Waals surface area contributed by atoms with Gasteiger partial charge in [0.05, 0.1) is 11.5 Å². The van der Waals surface area contributed by atoms with Crippen molar-refractivity contribution in [1.82, 2.24) is 4.90 Å². The van der Waals surface area contributed by atoms with Crippen LogP contribution >= 0.6 is 11.6 Å². The summed E-state index contributed by atoms with van der Waals surface area (Å²) in [7, 11) is 0. The zero-order valence-electron chi connectivity index (χ0n) is 21.5. The van der Waals surface area contributed by atoms with E-state index in [1.807, 2.05) is 31.2 Å². The van der Waals surface area contributed by atoms with Crippen LogP contribution in [0.25, 0.3) is 0 Å². The summed E-state index contributed by atoms with van der Waals surface area (Å²) in [5, 5.41) is 12.3. The Morgan fingerprint density at radius 3 is 2.70 bits per heavy atom. The number of fused-ring (bicyclic) bond motifs is 7. The Morgan fingerprint density at radius 1 is 1.24 bits per heavy atom. The molecule has 198 valence electrons. The quantitative estimate of drug-likeness (QED) is 0.579. The van der Waals surface area contributed by atoms with E-state index in [-0.39, 0.29) is 41.8 Å². The third-order valence-electron chi connectivity index (χ3n) is 11.1. The number of aliphatic hydroxyl groups is 1. The monoisotopic (exact) mass is 529 g/mol. The average molecular weight is 530 g/mol. The van der Waals surface area contributed by atoms with Crippen molar-refractivity contribution in [3.8, 4) is 0 Å². The summed E-state index contributed by atoms with van der Waals surface area (Å²) >= 11 is 6.20. The van der Waals surface area contributed by atoms with E-state index in [0.717, 1.165) is 5.56 Å². The summed E-state index contributed by atoms with van der Waals surface area (Å²) < 4.78 is 33.1. The molecule has 1 aromatic carbocycles. The standard InChI is InChI=1S/C30H34ClF2NO3/c1-17(35)29-16-34(14-18-5-4-6-20(31)9-18)15-19(29)10-22-23-12-25(32)24-11-21(36)7-8-27(24,2)30(23,33)26(37)13-28(22,29)3/h4-9,11,19,22-23,25-26,37H,10,12-16H2,1-3H3. The minimum atomic E-state index is -2.11. The number of allylic oxidation sites excluding steroid dienone is 4. The van der Waals surface area contributed by atoms with Gasteiger partial charge in [0.25, 0.3) is 0 Å². The first-order valence-corrected chi connectivity index (χ1v) is 13.7. The number of Topliss-reactive ketones (excluding diaryl/α,β-unsaturated/α-hetero) is 1. The van der Waals surface area contributed by atoms with Gasteiger partial charge in [0.15, 0.2) is 11.5 Å². The second-order valence-corrected chi connectivity index (χ2v) is 13.1. The number of likely N-dealkylation sites (tertiary alicyclic amines) is 1. The fourth-order valence-electron chi connectivity index (χ4n) is 9.56. The number of hydrogen-bond donors (Lipinski definition) is 1. The number of ketones is 2. The van der Waals surface area contributed by atoms with Gasteiger partial charge < -0.3 is 5.11 Å². The van der Waals surface area contributed by atoms with E-state index in [9.17, 15) is 14.7 Å². The molecule has 9 unspecified atom stereocenters. The summed E-state index contributed by atoms with van der Waals surface area (Å²) in [5.41, 5.74) is -3.72. The molecule has 1 aromatic rings. The average Bonchev–Trinajstić information content (AvgIpc) is 3.30. The van der Waals surface area contributed by atoms with Crippen molar-refractivity contribution in [3.05, 3.63) is 58.7 Å². The highest BCUT2D eigenvalue weighted by molar-refractivity contribution is 6.30. The molecular formula is C30H34ClF2NO3. The maximum atomic E-state index is 17.4. The van der Waals surface area contributed by atoms with Crippen molar-refractivity contribution < 1.29 is 23.5 Å². The minimum Gasteiger partial charge on any atom is -0.390 e. The smallest absolute Gasteiger partial charge is 0.178 e. The normalized spacial score (nSPS) is 46.6. The number of aliphatic hydroxyl groups excluding tert-OH is 1. The lowest BCUT2D eigenvalue weighted by Crippen LogP contribution is -2.69. The molecule has 3 saturated carbocycles. The Labute approximate surface area is 221 Å². The van der Waals surface area contributed by atoms with Crippen LogP contribution in [0.3, 0.4) is 0 Å². The fourth-order valence-corrected chi connectivity index (χ4v) is 9.77. The number of carbonyl (C=O) groups is 2. The molecule has 0 amide bonds. The third kappa shape index (κ3) is 3.12. The van der Waals surface area contributed by atoms with Crippen LogP contribution < -0.4 is 0 Å². The topological polar surface area (TPSA) is 57.6 Å². The molecule has 1 heterocycles. The van der Waals surface area contributed by atoms with Crippen LogP contribution in [0.4, 0.5) is 8.78 Å². The van der Waals surface area contributed by atoms with Crippen molar-refractivity contribution in [2.75, 3.05) is 13.1 Å². The van der Waals surface area contributed by atoms with Crippen molar-refractivity contribution in [1.29, 1.82) is 0 Å². The zero-order chi connectivity index (χ0) is 26.5. The molecule has 37 heavy (non-hydrogen) atoms. The van der Waals surface area contributed by atoms with Crippen LogP contribution in [0.15, 0.2) is 48.1 Å². The number of nitrogens with zero attached hydrogens (tertiary/aromatic N) is 1. The second kappa shape index (κ2) is 8.06. The first-order valence-electron chi connectivity index (χ1n) is 13.3. The zero-order valence-corrected chi connectivity index (χ0v) is 22.3. The van der Waals surface area contributed by atoms with Gasteiger partial charge in [0, 0.05) is 36.0 Å². The Morgan fingerprint density at radius 2 is 2.00 bits per heavy atom. The van der Waals surface area contributed by atoms with Gasteiger partial charge >= 0.3 is 0 Å². The first-order chi connectivity index (χ1) is 17.4. The highest BCUT2D eigenvalue weighted by Crippen LogP contribution is 2.74. The van der Waals surface area contributed by atoms with Crippen LogP contribution in [0.2, 0.25) is 5.02 Å². The number of rotatable bonds is 3. The molecule has 1 aliphatic heterocycles. The van der Waals surface area contributed by atoms with Gasteiger partial charge in [-0.25, -0.2) is 8.78 Å². The molecule has 7 heteroatoms. The summed E-state index contributed by atoms with van der Waals surface area (Å²) in [4.78, 5) is 27.9. The fraction of sp³-hybridized carbons (Fsp3) is 0.600. The molecule has 4 nitrogen and oxygen atoms in total. The Bertz CT molecular complexity index is 1250. The van der Waals surface area contributed by atoms with Crippen molar-refractivity contribution in [2.45, 2.75) is 64.5 Å². The van der Waals surface area contributed by atoms with E-state index in [0.29, 0.717) is 31.1 Å². The molecule has 0 aromatic heterocycles. The highest BCUT2D eigenvalue weighted by atomic mass is 35.5. The van der Waals surface area contributed by atoms with E-state index in [2.05, 4.69) is 4.90 Å². The number of alkyl halides is 2. The van der Waals surface area contributed by atoms with E-state index in [4.69, 9.17) is 11.6 Å². The predicted molar refractivity (Wildman–Crippen MR) is 137 cm³/mol. The summed E-state index contributed by atoms with van der Waals surface area (Å²) in [6.07, 6.45) is 1.82. The van der Waals surface area contributed by atoms with Crippen molar-refractivity contribution in [2.24, 2.45) is 34.0 Å². The van der Waals surface area contributed by atoms with E-state index in [1.165, 1.54) is 18.2 Å². The molecule has 1 N–H and O–H groups in total. The van der Waals surface area contributed by atoms with Crippen LogP contribution in [0.5, 0.6) is 0 Å². The maximum absolute atomic E-state index is 17.4. The SMILES string of the molecule is CC(=O)C12CN(Cc3cccc(Cl)c3)CC1CC1C3CC(F)C4=CC(=O)C=CC4(C)C3(F)C(O)CC12C. The molecule has 0 spiro atoms. The number of hydrogen-bond acceptors (Lipinski definition) is 4. The summed E-state index contributed by atoms with van der Waals surface area (Å²) in [6.45, 7) is 7.16. The molecule has 1 saturated heterocycles. The van der Waals surface area contributed by atoms with Gasteiger partial charge in [-0.2, -0.15) is 0 Å². The van der Waals surface area contributed by atoms with Crippen molar-refractivity contribution in [3.63, 3.8) is 0 Å². The maximum Gasteiger partial charge on any atom is 0.178 e. The number of benzene rings is 1. The second-order valence-electron chi connectivity index (χ2n) is 12.6. The minimum absolute atomic E-state index is 0.0000151. The molecule has 6 rings (SSSR count). The predicted octanol–water partition coefficient (Wildman–Crippen LogP) is 5.28. The molecule has 0 bridgehead atoms. The number of halogens is 3. The van der Waals surface area contributed by atoms with Gasteiger partial charge in [-0.3, -0.25) is 14.5 Å². The Hall–Kier alpha value is -1.89. The lowest BCUT2D eigenvalue weighted by molar-refractivity contribution is -0.211. The lowest BCUT2D eigenvalue weighted by Gasteiger charge is -2.63.